The van der Waals surface area contributed by atoms with Crippen LogP contribution in [0.15, 0.2) is 70.8 Å². The number of hydrogen-bond donors (Lipinski definition) is 0. The number of thiophene rings is 1. The van der Waals surface area contributed by atoms with Crippen molar-refractivity contribution in [1.82, 2.24) is 9.66 Å². The molecule has 0 bridgehead atoms. The molecule has 28 heavy (non-hydrogen) atoms. The minimum absolute atomic E-state index is 0.175. The smallest absolute Gasteiger partial charge is 0.282 e. The maximum atomic E-state index is 12.6. The summed E-state index contributed by atoms with van der Waals surface area (Å²) in [5.41, 5.74) is 0.629. The molecule has 4 rings (SSSR count). The van der Waals surface area contributed by atoms with Gasteiger partial charge in [-0.1, -0.05) is 30.7 Å². The summed E-state index contributed by atoms with van der Waals surface area (Å²) in [7, 11) is 0. The third-order valence-corrected chi connectivity index (χ3v) is 5.51. The van der Waals surface area contributed by atoms with Crippen molar-refractivity contribution >= 4 is 39.4 Å². The van der Waals surface area contributed by atoms with E-state index in [1.807, 2.05) is 30.3 Å². The highest BCUT2D eigenvalue weighted by atomic mass is 35.5. The van der Waals surface area contributed by atoms with Crippen LogP contribution >= 0.6 is 22.9 Å². The molecule has 5 nitrogen and oxygen atoms in total. The Kier molecular flexibility index (Phi) is 5.23. The first-order chi connectivity index (χ1) is 13.6. The Bertz CT molecular complexity index is 1210. The summed E-state index contributed by atoms with van der Waals surface area (Å²) in [6, 6.07) is 16.5. The van der Waals surface area contributed by atoms with E-state index in [1.165, 1.54) is 22.3 Å². The van der Waals surface area contributed by atoms with Crippen LogP contribution in [0.2, 0.25) is 5.02 Å². The van der Waals surface area contributed by atoms with E-state index in [0.717, 1.165) is 21.7 Å². The Hall–Kier alpha value is -2.96. The van der Waals surface area contributed by atoms with Crippen LogP contribution < -0.4 is 10.3 Å². The molecular formula is C21H16ClN3O2S. The number of aryl methyl sites for hydroxylation is 1. The van der Waals surface area contributed by atoms with Crippen LogP contribution in [-0.4, -0.2) is 15.9 Å². The van der Waals surface area contributed by atoms with E-state index in [1.54, 1.807) is 30.5 Å². The molecular weight excluding hydrogens is 394 g/mol. The summed E-state index contributed by atoms with van der Waals surface area (Å²) in [6.07, 6.45) is 3.94. The molecule has 0 aliphatic rings. The lowest BCUT2D eigenvalue weighted by molar-refractivity contribution is 0.482. The van der Waals surface area contributed by atoms with Gasteiger partial charge in [0.2, 0.25) is 0 Å². The first-order valence-electron chi connectivity index (χ1n) is 8.70. The average molecular weight is 410 g/mol. The second kappa shape index (κ2) is 7.96. The van der Waals surface area contributed by atoms with Crippen LogP contribution in [-0.2, 0) is 6.42 Å². The second-order valence-corrected chi connectivity index (χ2v) is 7.60. The van der Waals surface area contributed by atoms with Crippen LogP contribution in [0.25, 0.3) is 10.2 Å². The summed E-state index contributed by atoms with van der Waals surface area (Å²) >= 11 is 7.43. The zero-order chi connectivity index (χ0) is 19.5. The van der Waals surface area contributed by atoms with Gasteiger partial charge >= 0.3 is 0 Å². The van der Waals surface area contributed by atoms with E-state index < -0.39 is 0 Å². The summed E-state index contributed by atoms with van der Waals surface area (Å²) in [6.45, 7) is 2.06. The van der Waals surface area contributed by atoms with Gasteiger partial charge in [-0.05, 0) is 54.4 Å². The molecule has 2 aromatic heterocycles. The van der Waals surface area contributed by atoms with Crippen molar-refractivity contribution < 1.29 is 4.74 Å². The van der Waals surface area contributed by atoms with Gasteiger partial charge in [0, 0.05) is 9.90 Å². The lowest BCUT2D eigenvalue weighted by Crippen LogP contribution is -2.16. The highest BCUT2D eigenvalue weighted by Crippen LogP contribution is 2.24. The van der Waals surface area contributed by atoms with E-state index in [0.29, 0.717) is 21.9 Å². The summed E-state index contributed by atoms with van der Waals surface area (Å²) < 4.78 is 7.07. The Balaban J connectivity index is 1.58. The Morgan fingerprint density at radius 1 is 1.18 bits per heavy atom. The molecule has 0 N–H and O–H groups in total. The van der Waals surface area contributed by atoms with Gasteiger partial charge < -0.3 is 4.74 Å². The minimum Gasteiger partial charge on any atom is -0.457 e. The van der Waals surface area contributed by atoms with Crippen LogP contribution in [0.4, 0.5) is 0 Å². The number of halogens is 1. The SMILES string of the molecule is CCc1cc2c(=O)n(/N=C\c3cccc(Oc4ccc(Cl)cc4)c3)cnc2s1. The zero-order valence-electron chi connectivity index (χ0n) is 15.0. The van der Waals surface area contributed by atoms with E-state index in [9.17, 15) is 4.79 Å². The normalized spacial score (nSPS) is 11.4. The number of ether oxygens (including phenoxy) is 1. The number of benzene rings is 2. The fraction of sp³-hybridized carbons (Fsp3) is 0.0952. The topological polar surface area (TPSA) is 56.5 Å². The van der Waals surface area contributed by atoms with E-state index in [2.05, 4.69) is 17.0 Å². The Morgan fingerprint density at radius 3 is 2.79 bits per heavy atom. The molecule has 0 saturated carbocycles. The molecule has 0 atom stereocenters. The van der Waals surface area contributed by atoms with Gasteiger partial charge in [-0.25, -0.2) is 4.98 Å². The third kappa shape index (κ3) is 3.98. The van der Waals surface area contributed by atoms with E-state index in [-0.39, 0.29) is 5.56 Å². The minimum atomic E-state index is -0.175. The zero-order valence-corrected chi connectivity index (χ0v) is 16.6. The van der Waals surface area contributed by atoms with E-state index >= 15 is 0 Å². The first-order valence-corrected chi connectivity index (χ1v) is 9.90. The van der Waals surface area contributed by atoms with Gasteiger partial charge in [0.15, 0.2) is 0 Å². The maximum Gasteiger partial charge on any atom is 0.282 e. The molecule has 0 aliphatic heterocycles. The molecule has 7 heteroatoms. The largest absolute Gasteiger partial charge is 0.457 e. The highest BCUT2D eigenvalue weighted by molar-refractivity contribution is 7.18. The van der Waals surface area contributed by atoms with Gasteiger partial charge in [0.05, 0.1) is 11.6 Å². The molecule has 4 aromatic rings. The number of nitrogens with zero attached hydrogens (tertiary/aromatic N) is 3. The molecule has 2 aromatic carbocycles. The van der Waals surface area contributed by atoms with Crippen molar-refractivity contribution in [1.29, 1.82) is 0 Å². The van der Waals surface area contributed by atoms with Crippen LogP contribution in [0, 0.1) is 0 Å². The molecule has 0 fully saturated rings. The van der Waals surface area contributed by atoms with Gasteiger partial charge in [0.25, 0.3) is 5.56 Å². The molecule has 0 unspecified atom stereocenters. The van der Waals surface area contributed by atoms with Crippen LogP contribution in [0.1, 0.15) is 17.4 Å². The van der Waals surface area contributed by atoms with Gasteiger partial charge in [-0.3, -0.25) is 4.79 Å². The predicted molar refractivity (Wildman–Crippen MR) is 114 cm³/mol. The standard InChI is InChI=1S/C21H16ClN3O2S/c1-2-18-11-19-20(28-18)23-13-25(21(19)26)24-12-14-4-3-5-17(10-14)27-16-8-6-15(22)7-9-16/h3-13H,2H2,1H3/b24-12-. The molecule has 140 valence electrons. The molecule has 0 aliphatic carbocycles. The summed E-state index contributed by atoms with van der Waals surface area (Å²) in [4.78, 5) is 18.8. The molecule has 0 amide bonds. The Labute approximate surface area is 170 Å². The molecule has 0 radical (unpaired) electrons. The van der Waals surface area contributed by atoms with Gasteiger partial charge in [0.1, 0.15) is 22.7 Å². The number of hydrogen-bond acceptors (Lipinski definition) is 5. The van der Waals surface area contributed by atoms with Gasteiger partial charge in [-0.15, -0.1) is 11.3 Å². The molecule has 0 spiro atoms. The number of rotatable bonds is 5. The summed E-state index contributed by atoms with van der Waals surface area (Å²) in [5.74, 6) is 1.35. The number of fused-ring (bicyclic) bond motifs is 1. The molecule has 2 heterocycles. The predicted octanol–water partition coefficient (Wildman–Crippen LogP) is 5.35. The quantitative estimate of drug-likeness (QED) is 0.417. The van der Waals surface area contributed by atoms with Crippen LogP contribution in [0.3, 0.4) is 0 Å². The highest BCUT2D eigenvalue weighted by Gasteiger charge is 2.07. The maximum absolute atomic E-state index is 12.6. The summed E-state index contributed by atoms with van der Waals surface area (Å²) in [5, 5.41) is 5.52. The average Bonchev–Trinajstić information content (AvgIpc) is 3.14. The van der Waals surface area contributed by atoms with Crippen molar-refractivity contribution in [3.8, 4) is 11.5 Å². The second-order valence-electron chi connectivity index (χ2n) is 6.05. The van der Waals surface area contributed by atoms with E-state index in [4.69, 9.17) is 16.3 Å². The molecule has 0 saturated heterocycles. The van der Waals surface area contributed by atoms with Crippen molar-refractivity contribution in [2.75, 3.05) is 0 Å². The van der Waals surface area contributed by atoms with Crippen molar-refractivity contribution in [2.45, 2.75) is 13.3 Å². The van der Waals surface area contributed by atoms with Crippen LogP contribution in [0.5, 0.6) is 11.5 Å². The fourth-order valence-corrected chi connectivity index (χ4v) is 3.70. The number of aromatic nitrogens is 2. The van der Waals surface area contributed by atoms with Gasteiger partial charge in [-0.2, -0.15) is 9.78 Å². The Morgan fingerprint density at radius 2 is 2.00 bits per heavy atom. The van der Waals surface area contributed by atoms with Crippen molar-refractivity contribution in [3.05, 3.63) is 86.7 Å². The lowest BCUT2D eigenvalue weighted by Gasteiger charge is -2.06. The lowest BCUT2D eigenvalue weighted by atomic mass is 10.2. The van der Waals surface area contributed by atoms with Crippen molar-refractivity contribution in [3.63, 3.8) is 0 Å². The third-order valence-electron chi connectivity index (χ3n) is 4.07. The fourth-order valence-electron chi connectivity index (χ4n) is 2.65. The first kappa shape index (κ1) is 18.4. The van der Waals surface area contributed by atoms with Crippen molar-refractivity contribution in [2.24, 2.45) is 5.10 Å². The monoisotopic (exact) mass is 409 g/mol.